The lowest BCUT2D eigenvalue weighted by molar-refractivity contribution is 0.320. The van der Waals surface area contributed by atoms with E-state index < -0.39 is 15.0 Å². The Kier molecular flexibility index (Phi) is 9.51. The van der Waals surface area contributed by atoms with Gasteiger partial charge < -0.3 is 4.52 Å². The van der Waals surface area contributed by atoms with Crippen molar-refractivity contribution in [2.24, 2.45) is 0 Å². The van der Waals surface area contributed by atoms with Gasteiger partial charge in [-0.05, 0) is 19.3 Å². The van der Waals surface area contributed by atoms with Crippen LogP contribution in [0.3, 0.4) is 0 Å². The zero-order valence-electron chi connectivity index (χ0n) is 12.2. The van der Waals surface area contributed by atoms with Crippen LogP contribution < -0.4 is 0 Å². The fourth-order valence-corrected chi connectivity index (χ4v) is 7.27. The lowest BCUT2D eigenvalue weighted by Crippen LogP contribution is -2.02. The summed E-state index contributed by atoms with van der Waals surface area (Å²) in [6.45, 7) is 6.01. The van der Waals surface area contributed by atoms with Crippen molar-refractivity contribution < 1.29 is 18.0 Å². The van der Waals surface area contributed by atoms with E-state index in [9.17, 15) is 9.13 Å². The molecule has 0 radical (unpaired) electrons. The molecule has 0 fully saturated rings. The molecule has 0 spiro atoms. The van der Waals surface area contributed by atoms with Crippen LogP contribution in [0.5, 0.6) is 0 Å². The molecule has 0 bridgehead atoms. The molecule has 0 aromatic heterocycles. The van der Waals surface area contributed by atoms with E-state index in [4.69, 9.17) is 8.83 Å². The monoisotopic (exact) mass is 298 g/mol. The predicted octanol–water partition coefficient (Wildman–Crippen LogP) is 5.13. The summed E-state index contributed by atoms with van der Waals surface area (Å²) < 4.78 is 35.5. The van der Waals surface area contributed by atoms with E-state index in [0.717, 1.165) is 25.7 Å². The Morgan fingerprint density at radius 3 is 1.67 bits per heavy atom. The molecule has 1 unspecified atom stereocenters. The van der Waals surface area contributed by atoms with Crippen LogP contribution in [0.1, 0.15) is 52.9 Å². The average Bonchev–Trinajstić information content (AvgIpc) is 2.34. The molecule has 18 heavy (non-hydrogen) atoms. The Morgan fingerprint density at radius 2 is 1.33 bits per heavy atom. The van der Waals surface area contributed by atoms with Gasteiger partial charge in [0.2, 0.25) is 7.37 Å². The standard InChI is InChI=1S/C12H28O4P2/c1-5-8-11-17(13,12-9-6-2)16-18(14,15-4)10-7-3/h5-12H2,1-4H3. The van der Waals surface area contributed by atoms with E-state index in [2.05, 4.69) is 0 Å². The van der Waals surface area contributed by atoms with Crippen LogP contribution in [0, 0.1) is 0 Å². The SMILES string of the molecule is CCCCP(=O)(CCCC)OP(=O)(CCC)OC. The van der Waals surface area contributed by atoms with Gasteiger partial charge in [-0.25, -0.2) is 0 Å². The second-order valence-corrected chi connectivity index (χ2v) is 9.78. The van der Waals surface area contributed by atoms with Gasteiger partial charge in [0.05, 0.1) is 6.16 Å². The van der Waals surface area contributed by atoms with Crippen molar-refractivity contribution in [1.82, 2.24) is 0 Å². The third-order valence-electron chi connectivity index (χ3n) is 2.75. The summed E-state index contributed by atoms with van der Waals surface area (Å²) in [7, 11) is -4.60. The van der Waals surface area contributed by atoms with E-state index >= 15 is 0 Å². The van der Waals surface area contributed by atoms with Gasteiger partial charge in [-0.15, -0.1) is 0 Å². The number of unbranched alkanes of at least 4 members (excludes halogenated alkanes) is 2. The normalized spacial score (nSPS) is 15.6. The molecule has 1 atom stereocenters. The van der Waals surface area contributed by atoms with Crippen LogP contribution >= 0.6 is 15.0 Å². The summed E-state index contributed by atoms with van der Waals surface area (Å²) in [6.07, 6.45) is 5.68. The van der Waals surface area contributed by atoms with Crippen molar-refractivity contribution >= 4 is 15.0 Å². The first kappa shape index (κ1) is 18.4. The Bertz CT molecular complexity index is 292. The molecule has 0 aliphatic heterocycles. The van der Waals surface area contributed by atoms with Crippen LogP contribution in [0.2, 0.25) is 0 Å². The third-order valence-corrected chi connectivity index (χ3v) is 8.49. The largest absolute Gasteiger partial charge is 0.336 e. The van der Waals surface area contributed by atoms with Gasteiger partial charge in [-0.3, -0.25) is 13.4 Å². The van der Waals surface area contributed by atoms with Gasteiger partial charge >= 0.3 is 7.60 Å². The summed E-state index contributed by atoms with van der Waals surface area (Å²) >= 11 is 0. The molecule has 0 N–H and O–H groups in total. The molecule has 6 heteroatoms. The molecule has 0 aromatic rings. The highest BCUT2D eigenvalue weighted by atomic mass is 31.3. The van der Waals surface area contributed by atoms with Crippen LogP contribution in [0.15, 0.2) is 0 Å². The number of rotatable bonds is 11. The first-order chi connectivity index (χ1) is 8.45. The maximum atomic E-state index is 12.7. The Hall–Kier alpha value is 0.380. The summed E-state index contributed by atoms with van der Waals surface area (Å²) in [6, 6.07) is 0. The predicted molar refractivity (Wildman–Crippen MR) is 78.0 cm³/mol. The highest BCUT2D eigenvalue weighted by Gasteiger charge is 2.33. The zero-order chi connectivity index (χ0) is 14.1. The maximum absolute atomic E-state index is 12.7. The molecule has 0 amide bonds. The molecule has 0 aliphatic carbocycles. The molecule has 0 saturated carbocycles. The first-order valence-electron chi connectivity index (χ1n) is 6.89. The second kappa shape index (κ2) is 9.31. The molecule has 0 rings (SSSR count). The lowest BCUT2D eigenvalue weighted by atomic mass is 10.4. The quantitative estimate of drug-likeness (QED) is 0.496. The number of hydrogen-bond acceptors (Lipinski definition) is 4. The molecule has 110 valence electrons. The van der Waals surface area contributed by atoms with Crippen molar-refractivity contribution in [2.75, 3.05) is 25.6 Å². The second-order valence-electron chi connectivity index (χ2n) is 4.57. The van der Waals surface area contributed by atoms with E-state index in [1.807, 2.05) is 20.8 Å². The highest BCUT2D eigenvalue weighted by molar-refractivity contribution is 7.69. The molecule has 0 heterocycles. The van der Waals surface area contributed by atoms with Crippen LogP contribution in [0.25, 0.3) is 0 Å². The smallest absolute Gasteiger partial charge is 0.312 e. The van der Waals surface area contributed by atoms with Crippen molar-refractivity contribution in [3.63, 3.8) is 0 Å². The topological polar surface area (TPSA) is 52.6 Å². The first-order valence-corrected chi connectivity index (χ1v) is 10.6. The minimum Gasteiger partial charge on any atom is -0.312 e. The van der Waals surface area contributed by atoms with Gasteiger partial charge in [-0.2, -0.15) is 0 Å². The van der Waals surface area contributed by atoms with Gasteiger partial charge in [0.25, 0.3) is 0 Å². The third kappa shape index (κ3) is 7.09. The van der Waals surface area contributed by atoms with Gasteiger partial charge in [0.1, 0.15) is 0 Å². The average molecular weight is 298 g/mol. The Labute approximate surface area is 112 Å². The molecule has 0 aliphatic rings. The van der Waals surface area contributed by atoms with Gasteiger partial charge in [-0.1, -0.05) is 33.6 Å². The summed E-state index contributed by atoms with van der Waals surface area (Å²) in [5, 5.41) is 0. The van der Waals surface area contributed by atoms with Crippen molar-refractivity contribution in [3.05, 3.63) is 0 Å². The summed E-state index contributed by atoms with van der Waals surface area (Å²) in [5.41, 5.74) is 0. The van der Waals surface area contributed by atoms with Crippen LogP contribution in [-0.2, 0) is 18.0 Å². The molecule has 0 saturated heterocycles. The molecular formula is C12H28O4P2. The minimum atomic E-state index is -3.17. The van der Waals surface area contributed by atoms with Crippen LogP contribution in [0.4, 0.5) is 0 Å². The molecular weight excluding hydrogens is 270 g/mol. The minimum absolute atomic E-state index is 0.339. The van der Waals surface area contributed by atoms with Gasteiger partial charge in [0, 0.05) is 19.4 Å². The zero-order valence-corrected chi connectivity index (χ0v) is 14.0. The van der Waals surface area contributed by atoms with Crippen molar-refractivity contribution in [2.45, 2.75) is 52.9 Å². The van der Waals surface area contributed by atoms with Crippen molar-refractivity contribution in [1.29, 1.82) is 0 Å². The van der Waals surface area contributed by atoms with Gasteiger partial charge in [0.15, 0.2) is 0 Å². The highest BCUT2D eigenvalue weighted by Crippen LogP contribution is 2.64. The maximum Gasteiger partial charge on any atom is 0.336 e. The van der Waals surface area contributed by atoms with Crippen LogP contribution in [-0.4, -0.2) is 25.6 Å². The van der Waals surface area contributed by atoms with E-state index in [1.54, 1.807) is 0 Å². The summed E-state index contributed by atoms with van der Waals surface area (Å²) in [4.78, 5) is 0. The van der Waals surface area contributed by atoms with E-state index in [1.165, 1.54) is 7.11 Å². The summed E-state index contributed by atoms with van der Waals surface area (Å²) in [5.74, 6) is 0. The van der Waals surface area contributed by atoms with Crippen molar-refractivity contribution in [3.8, 4) is 0 Å². The molecule has 4 nitrogen and oxygen atoms in total. The van der Waals surface area contributed by atoms with E-state index in [0.29, 0.717) is 24.9 Å². The number of hydrogen-bond donors (Lipinski definition) is 0. The fourth-order valence-electron chi connectivity index (χ4n) is 1.66. The molecule has 0 aromatic carbocycles. The lowest BCUT2D eigenvalue weighted by Gasteiger charge is -2.23. The Morgan fingerprint density at radius 1 is 0.833 bits per heavy atom. The Balaban J connectivity index is 4.74. The fraction of sp³-hybridized carbons (Fsp3) is 1.00. The van der Waals surface area contributed by atoms with E-state index in [-0.39, 0.29) is 0 Å².